The monoisotopic (exact) mass is 399 g/mol. The van der Waals surface area contributed by atoms with E-state index in [2.05, 4.69) is 14.5 Å². The van der Waals surface area contributed by atoms with Crippen molar-refractivity contribution in [1.82, 2.24) is 9.97 Å². The second-order valence-corrected chi connectivity index (χ2v) is 8.16. The van der Waals surface area contributed by atoms with Crippen LogP contribution in [0.25, 0.3) is 0 Å². The molecule has 8 nitrogen and oxygen atoms in total. The van der Waals surface area contributed by atoms with Crippen LogP contribution in [0.2, 0.25) is 0 Å². The number of hydrogen-bond acceptors (Lipinski definition) is 7. The zero-order valence-electron chi connectivity index (χ0n) is 14.9. The van der Waals surface area contributed by atoms with Crippen LogP contribution >= 0.6 is 19.2 Å². The zero-order chi connectivity index (χ0) is 19.5. The van der Waals surface area contributed by atoms with Crippen molar-refractivity contribution in [3.05, 3.63) is 38.5 Å². The fourth-order valence-electron chi connectivity index (χ4n) is 2.53. The number of aryl methyl sites for hydroxylation is 1. The number of Topliss-reactive ketones (excluding diaryl/α,β-unsaturated/α-hetero) is 1. The largest absolute Gasteiger partial charge is 0.469 e. The second-order valence-electron chi connectivity index (χ2n) is 5.81. The Balaban J connectivity index is 2.33. The van der Waals surface area contributed by atoms with Crippen molar-refractivity contribution in [2.24, 2.45) is 0 Å². The van der Waals surface area contributed by atoms with Crippen LogP contribution in [0.15, 0.2) is 6.20 Å². The number of nitrogens with two attached hydrogens (primary N) is 1. The molecule has 0 unspecified atom stereocenters. The predicted molar refractivity (Wildman–Crippen MR) is 99.4 cm³/mol. The summed E-state index contributed by atoms with van der Waals surface area (Å²) in [5.41, 5.74) is 8.47. The van der Waals surface area contributed by atoms with Gasteiger partial charge in [0.15, 0.2) is 5.78 Å². The lowest BCUT2D eigenvalue weighted by Gasteiger charge is -2.08. The number of thiophene rings is 1. The van der Waals surface area contributed by atoms with Crippen LogP contribution in [0.1, 0.15) is 50.4 Å². The van der Waals surface area contributed by atoms with Crippen molar-refractivity contribution in [2.75, 3.05) is 12.3 Å². The number of anilines is 1. The van der Waals surface area contributed by atoms with E-state index in [0.717, 1.165) is 21.6 Å². The SMILES string of the molecule is CCC(=O)c1sc(CCOP(=O)(O)O)c(C)c1Cc1cnc(C)nc1N. The molecular weight excluding hydrogens is 377 g/mol. The molecule has 0 aliphatic carbocycles. The summed E-state index contributed by atoms with van der Waals surface area (Å²) in [5.74, 6) is 0.972. The maximum atomic E-state index is 12.4. The van der Waals surface area contributed by atoms with Gasteiger partial charge in [0.05, 0.1) is 11.5 Å². The highest BCUT2D eigenvalue weighted by Crippen LogP contribution is 2.37. The third kappa shape index (κ3) is 5.18. The van der Waals surface area contributed by atoms with Crippen LogP contribution in [0, 0.1) is 13.8 Å². The van der Waals surface area contributed by atoms with E-state index in [9.17, 15) is 9.36 Å². The van der Waals surface area contributed by atoms with Gasteiger partial charge in [-0.2, -0.15) is 0 Å². The summed E-state index contributed by atoms with van der Waals surface area (Å²) in [6.45, 7) is 5.30. The Labute approximate surface area is 155 Å². The first-order valence-corrected chi connectivity index (χ1v) is 10.4. The maximum Gasteiger partial charge on any atom is 0.469 e. The summed E-state index contributed by atoms with van der Waals surface area (Å²) in [4.78, 5) is 39.8. The van der Waals surface area contributed by atoms with Crippen LogP contribution in [0.5, 0.6) is 0 Å². The highest BCUT2D eigenvalue weighted by atomic mass is 32.1. The lowest BCUT2D eigenvalue weighted by atomic mass is 9.99. The molecule has 0 radical (unpaired) electrons. The highest BCUT2D eigenvalue weighted by molar-refractivity contribution is 7.46. The number of nitrogen functional groups attached to an aromatic ring is 1. The number of carbonyl (C=O) groups excluding carboxylic acids is 1. The van der Waals surface area contributed by atoms with Gasteiger partial charge in [0.25, 0.3) is 0 Å². The second kappa shape index (κ2) is 8.37. The molecule has 26 heavy (non-hydrogen) atoms. The maximum absolute atomic E-state index is 12.4. The van der Waals surface area contributed by atoms with Gasteiger partial charge in [-0.15, -0.1) is 11.3 Å². The van der Waals surface area contributed by atoms with E-state index in [-0.39, 0.29) is 12.4 Å². The van der Waals surface area contributed by atoms with E-state index in [1.54, 1.807) is 20.0 Å². The summed E-state index contributed by atoms with van der Waals surface area (Å²) in [6, 6.07) is 0. The molecule has 0 saturated heterocycles. The van der Waals surface area contributed by atoms with Crippen molar-refractivity contribution in [2.45, 2.75) is 40.0 Å². The highest BCUT2D eigenvalue weighted by Gasteiger charge is 2.21. The lowest BCUT2D eigenvalue weighted by Crippen LogP contribution is -2.05. The van der Waals surface area contributed by atoms with Crippen LogP contribution in [0.3, 0.4) is 0 Å². The average molecular weight is 399 g/mol. The molecule has 2 aromatic rings. The van der Waals surface area contributed by atoms with E-state index in [1.165, 1.54) is 11.3 Å². The molecule has 0 atom stereocenters. The third-order valence-electron chi connectivity index (χ3n) is 3.92. The lowest BCUT2D eigenvalue weighted by molar-refractivity contribution is 0.0991. The number of ketones is 1. The van der Waals surface area contributed by atoms with Crippen molar-refractivity contribution in [3.8, 4) is 0 Å². The smallest absolute Gasteiger partial charge is 0.383 e. The molecule has 10 heteroatoms. The fraction of sp³-hybridized carbons (Fsp3) is 0.438. The minimum Gasteiger partial charge on any atom is -0.383 e. The first-order valence-electron chi connectivity index (χ1n) is 8.04. The van der Waals surface area contributed by atoms with Gasteiger partial charge in [0, 0.05) is 35.9 Å². The Morgan fingerprint density at radius 3 is 2.65 bits per heavy atom. The Bertz CT molecular complexity index is 862. The number of phosphoric acid groups is 1. The Kier molecular flexibility index (Phi) is 6.65. The zero-order valence-corrected chi connectivity index (χ0v) is 16.6. The van der Waals surface area contributed by atoms with Gasteiger partial charge in [-0.25, -0.2) is 14.5 Å². The van der Waals surface area contributed by atoms with E-state index in [1.807, 2.05) is 6.92 Å². The topological polar surface area (TPSA) is 136 Å². The molecule has 0 aromatic carbocycles. The van der Waals surface area contributed by atoms with Crippen molar-refractivity contribution >= 4 is 30.8 Å². The molecule has 0 bridgehead atoms. The van der Waals surface area contributed by atoms with Crippen LogP contribution in [-0.4, -0.2) is 32.1 Å². The molecule has 2 heterocycles. The van der Waals surface area contributed by atoms with Crippen molar-refractivity contribution in [1.29, 1.82) is 0 Å². The van der Waals surface area contributed by atoms with Gasteiger partial charge in [0.2, 0.25) is 0 Å². The van der Waals surface area contributed by atoms with Crippen LogP contribution in [0.4, 0.5) is 5.82 Å². The van der Waals surface area contributed by atoms with Crippen molar-refractivity contribution < 1.29 is 23.7 Å². The van der Waals surface area contributed by atoms with Crippen molar-refractivity contribution in [3.63, 3.8) is 0 Å². The van der Waals surface area contributed by atoms with Gasteiger partial charge < -0.3 is 15.5 Å². The molecule has 0 saturated carbocycles. The van der Waals surface area contributed by atoms with Gasteiger partial charge in [0.1, 0.15) is 11.6 Å². The minimum atomic E-state index is -4.51. The fourth-order valence-corrected chi connectivity index (χ4v) is 4.18. The number of phosphoric ester groups is 1. The van der Waals surface area contributed by atoms with E-state index >= 15 is 0 Å². The number of nitrogens with zero attached hydrogens (tertiary/aromatic N) is 2. The summed E-state index contributed by atoms with van der Waals surface area (Å²) in [6.07, 6.45) is 2.76. The quantitative estimate of drug-likeness (QED) is 0.455. The van der Waals surface area contributed by atoms with Gasteiger partial charge >= 0.3 is 7.82 Å². The number of aromatic nitrogens is 2. The molecule has 0 aliphatic rings. The normalized spacial score (nSPS) is 11.7. The summed E-state index contributed by atoms with van der Waals surface area (Å²) < 4.78 is 15.4. The number of hydrogen-bond donors (Lipinski definition) is 3. The van der Waals surface area contributed by atoms with Gasteiger partial charge in [-0.05, 0) is 25.0 Å². The average Bonchev–Trinajstić information content (AvgIpc) is 2.85. The Morgan fingerprint density at radius 1 is 1.38 bits per heavy atom. The molecule has 2 rings (SSSR count). The first-order chi connectivity index (χ1) is 12.1. The van der Waals surface area contributed by atoms with E-state index < -0.39 is 7.82 Å². The summed E-state index contributed by atoms with van der Waals surface area (Å²) in [5, 5.41) is 0. The minimum absolute atomic E-state index is 0.0156. The molecule has 0 aliphatic heterocycles. The molecule has 4 N–H and O–H groups in total. The van der Waals surface area contributed by atoms with E-state index in [0.29, 0.717) is 35.8 Å². The Hall–Kier alpha value is -1.64. The molecular formula is C16H22N3O5PS. The predicted octanol–water partition coefficient (Wildman–Crippen LogP) is 2.57. The van der Waals surface area contributed by atoms with Gasteiger partial charge in [-0.3, -0.25) is 9.32 Å². The van der Waals surface area contributed by atoms with Gasteiger partial charge in [-0.1, -0.05) is 6.92 Å². The molecule has 0 fully saturated rings. The van der Waals surface area contributed by atoms with Crippen LogP contribution < -0.4 is 5.73 Å². The molecule has 142 valence electrons. The molecule has 0 amide bonds. The number of carbonyl (C=O) groups is 1. The van der Waals surface area contributed by atoms with Crippen LogP contribution in [-0.2, 0) is 21.9 Å². The van der Waals surface area contributed by atoms with E-state index in [4.69, 9.17) is 15.5 Å². The first kappa shape index (κ1) is 20.7. The molecule has 0 spiro atoms. The molecule has 2 aromatic heterocycles. The standard InChI is InChI=1S/C16H22N3O5PS/c1-4-13(20)15-12(7-11-8-18-10(3)19-16(11)17)9(2)14(26-15)5-6-24-25(21,22)23/h8H,4-7H2,1-3H3,(H2,17,18,19)(H2,21,22,23). The summed E-state index contributed by atoms with van der Waals surface area (Å²) in [7, 11) is -4.51. The number of rotatable bonds is 8. The summed E-state index contributed by atoms with van der Waals surface area (Å²) >= 11 is 1.33. The third-order valence-corrected chi connectivity index (χ3v) is 5.87. The Morgan fingerprint density at radius 2 is 2.08 bits per heavy atom.